The van der Waals surface area contributed by atoms with Gasteiger partial charge in [-0.3, -0.25) is 9.36 Å². The first-order chi connectivity index (χ1) is 11.5. The van der Waals surface area contributed by atoms with Gasteiger partial charge in [-0.15, -0.1) is 0 Å². The van der Waals surface area contributed by atoms with Gasteiger partial charge < -0.3 is 9.64 Å². The summed E-state index contributed by atoms with van der Waals surface area (Å²) in [4.78, 5) is 26.5. The quantitative estimate of drug-likeness (QED) is 0.755. The molecule has 0 saturated carbocycles. The standard InChI is InChI=1S/C17H30N4O3/c1-5-20-16(18-21(17(20)23)10-11-24-4)14-6-8-19(9-7-14)15(22)12-13(2)3/h13-14H,5-12H2,1-4H3. The third-order valence-corrected chi connectivity index (χ3v) is 4.57. The van der Waals surface area contributed by atoms with Gasteiger partial charge in [-0.2, -0.15) is 5.10 Å². The summed E-state index contributed by atoms with van der Waals surface area (Å²) < 4.78 is 8.30. The van der Waals surface area contributed by atoms with E-state index in [2.05, 4.69) is 18.9 Å². The lowest BCUT2D eigenvalue weighted by Gasteiger charge is -2.32. The molecule has 1 aromatic rings. The Kier molecular flexibility index (Phi) is 6.60. The number of carbonyl (C=O) groups is 1. The molecule has 1 aromatic heterocycles. The molecule has 7 nitrogen and oxygen atoms in total. The molecule has 0 N–H and O–H groups in total. The molecule has 1 fully saturated rings. The molecule has 2 rings (SSSR count). The number of hydrogen-bond donors (Lipinski definition) is 0. The third-order valence-electron chi connectivity index (χ3n) is 4.57. The Hall–Kier alpha value is -1.63. The van der Waals surface area contributed by atoms with E-state index in [1.165, 1.54) is 4.68 Å². The molecule has 1 amide bonds. The molecule has 24 heavy (non-hydrogen) atoms. The number of likely N-dealkylation sites (tertiary alicyclic amines) is 1. The molecule has 136 valence electrons. The van der Waals surface area contributed by atoms with E-state index < -0.39 is 0 Å². The highest BCUT2D eigenvalue weighted by atomic mass is 16.5. The molecule has 0 atom stereocenters. The molecule has 0 bridgehead atoms. The summed E-state index contributed by atoms with van der Waals surface area (Å²) in [6, 6.07) is 0. The van der Waals surface area contributed by atoms with Gasteiger partial charge in [-0.1, -0.05) is 13.8 Å². The highest BCUT2D eigenvalue weighted by Crippen LogP contribution is 2.26. The largest absolute Gasteiger partial charge is 0.383 e. The fourth-order valence-electron chi connectivity index (χ4n) is 3.25. The smallest absolute Gasteiger partial charge is 0.345 e. The second kappa shape index (κ2) is 8.46. The summed E-state index contributed by atoms with van der Waals surface area (Å²) in [6.45, 7) is 9.16. The average Bonchev–Trinajstić information content (AvgIpc) is 2.88. The van der Waals surface area contributed by atoms with Gasteiger partial charge in [0.05, 0.1) is 13.2 Å². The second-order valence-corrected chi connectivity index (χ2v) is 6.85. The lowest BCUT2D eigenvalue weighted by atomic mass is 9.95. The van der Waals surface area contributed by atoms with Crippen molar-refractivity contribution in [1.29, 1.82) is 0 Å². The van der Waals surface area contributed by atoms with Crippen molar-refractivity contribution >= 4 is 5.91 Å². The molecular formula is C17H30N4O3. The van der Waals surface area contributed by atoms with Gasteiger partial charge in [0, 0.05) is 39.1 Å². The van der Waals surface area contributed by atoms with E-state index in [4.69, 9.17) is 4.74 Å². The van der Waals surface area contributed by atoms with Crippen LogP contribution in [-0.4, -0.2) is 52.0 Å². The van der Waals surface area contributed by atoms with Gasteiger partial charge in [-0.25, -0.2) is 9.48 Å². The molecule has 0 unspecified atom stereocenters. The summed E-state index contributed by atoms with van der Waals surface area (Å²) in [7, 11) is 1.62. The zero-order chi connectivity index (χ0) is 17.7. The number of hydrogen-bond acceptors (Lipinski definition) is 4. The fourth-order valence-corrected chi connectivity index (χ4v) is 3.25. The van der Waals surface area contributed by atoms with Gasteiger partial charge in [0.1, 0.15) is 5.82 Å². The molecular weight excluding hydrogens is 308 g/mol. The number of ether oxygens (including phenoxy) is 1. The van der Waals surface area contributed by atoms with Crippen molar-refractivity contribution in [1.82, 2.24) is 19.2 Å². The van der Waals surface area contributed by atoms with E-state index in [1.54, 1.807) is 11.7 Å². The molecule has 2 heterocycles. The molecule has 0 radical (unpaired) electrons. The molecule has 1 aliphatic heterocycles. The number of aromatic nitrogens is 3. The van der Waals surface area contributed by atoms with Crippen LogP contribution in [0.1, 0.15) is 51.8 Å². The van der Waals surface area contributed by atoms with Crippen LogP contribution in [0.15, 0.2) is 4.79 Å². The summed E-state index contributed by atoms with van der Waals surface area (Å²) in [6.07, 6.45) is 2.34. The van der Waals surface area contributed by atoms with E-state index >= 15 is 0 Å². The Morgan fingerprint density at radius 3 is 2.54 bits per heavy atom. The molecule has 0 spiro atoms. The summed E-state index contributed by atoms with van der Waals surface area (Å²) in [5.41, 5.74) is -0.0668. The lowest BCUT2D eigenvalue weighted by Crippen LogP contribution is -2.39. The Morgan fingerprint density at radius 1 is 1.33 bits per heavy atom. The van der Waals surface area contributed by atoms with E-state index in [1.807, 2.05) is 11.8 Å². The van der Waals surface area contributed by atoms with Crippen LogP contribution in [0.3, 0.4) is 0 Å². The van der Waals surface area contributed by atoms with Crippen LogP contribution in [0, 0.1) is 5.92 Å². The number of carbonyl (C=O) groups excluding carboxylic acids is 1. The third kappa shape index (κ3) is 4.26. The number of rotatable bonds is 7. The number of amides is 1. The Bertz CT molecular complexity index is 597. The van der Waals surface area contributed by atoms with Crippen molar-refractivity contribution in [3.05, 3.63) is 16.3 Å². The molecule has 7 heteroatoms. The van der Waals surface area contributed by atoms with Gasteiger partial charge in [-0.05, 0) is 25.7 Å². The first kappa shape index (κ1) is 18.7. The van der Waals surface area contributed by atoms with Gasteiger partial charge in [0.25, 0.3) is 0 Å². The number of methoxy groups -OCH3 is 1. The zero-order valence-electron chi connectivity index (χ0n) is 15.3. The first-order valence-electron chi connectivity index (χ1n) is 8.92. The van der Waals surface area contributed by atoms with Crippen molar-refractivity contribution < 1.29 is 9.53 Å². The lowest BCUT2D eigenvalue weighted by molar-refractivity contribution is -0.133. The first-order valence-corrected chi connectivity index (χ1v) is 8.92. The minimum Gasteiger partial charge on any atom is -0.383 e. The maximum atomic E-state index is 12.4. The molecule has 0 aromatic carbocycles. The monoisotopic (exact) mass is 338 g/mol. The average molecular weight is 338 g/mol. The van der Waals surface area contributed by atoms with E-state index in [-0.39, 0.29) is 17.5 Å². The predicted octanol–water partition coefficient (Wildman–Crippen LogP) is 1.46. The number of piperidine rings is 1. The van der Waals surface area contributed by atoms with Gasteiger partial charge >= 0.3 is 5.69 Å². The topological polar surface area (TPSA) is 69.4 Å². The van der Waals surface area contributed by atoms with Crippen molar-refractivity contribution in [2.24, 2.45) is 5.92 Å². The maximum absolute atomic E-state index is 12.4. The van der Waals surface area contributed by atoms with Crippen molar-refractivity contribution in [2.75, 3.05) is 26.8 Å². The zero-order valence-corrected chi connectivity index (χ0v) is 15.3. The van der Waals surface area contributed by atoms with Crippen LogP contribution in [0.2, 0.25) is 0 Å². The Morgan fingerprint density at radius 2 is 2.00 bits per heavy atom. The van der Waals surface area contributed by atoms with Crippen molar-refractivity contribution in [2.45, 2.75) is 59.0 Å². The molecule has 0 aliphatic carbocycles. The van der Waals surface area contributed by atoms with E-state index in [0.717, 1.165) is 31.8 Å². The second-order valence-electron chi connectivity index (χ2n) is 6.85. The van der Waals surface area contributed by atoms with Crippen molar-refractivity contribution in [3.63, 3.8) is 0 Å². The van der Waals surface area contributed by atoms with Gasteiger partial charge in [0.2, 0.25) is 5.91 Å². The van der Waals surface area contributed by atoms with E-state index in [9.17, 15) is 9.59 Å². The SMILES string of the molecule is CCn1c(C2CCN(C(=O)CC(C)C)CC2)nn(CCOC)c1=O. The minimum atomic E-state index is -0.0668. The number of nitrogens with zero attached hydrogens (tertiary/aromatic N) is 4. The van der Waals surface area contributed by atoms with Gasteiger partial charge in [0.15, 0.2) is 0 Å². The molecule has 1 aliphatic rings. The predicted molar refractivity (Wildman–Crippen MR) is 92.0 cm³/mol. The molecule has 1 saturated heterocycles. The van der Waals surface area contributed by atoms with E-state index in [0.29, 0.717) is 32.0 Å². The summed E-state index contributed by atoms with van der Waals surface area (Å²) in [5, 5.41) is 4.54. The van der Waals surface area contributed by atoms with Crippen LogP contribution in [0.25, 0.3) is 0 Å². The maximum Gasteiger partial charge on any atom is 0.345 e. The normalized spacial score (nSPS) is 16.1. The minimum absolute atomic E-state index is 0.0668. The highest BCUT2D eigenvalue weighted by Gasteiger charge is 2.28. The van der Waals surface area contributed by atoms with Crippen LogP contribution in [-0.2, 0) is 22.6 Å². The van der Waals surface area contributed by atoms with Crippen LogP contribution in [0.5, 0.6) is 0 Å². The Labute approximate surface area is 143 Å². The summed E-state index contributed by atoms with van der Waals surface area (Å²) >= 11 is 0. The summed E-state index contributed by atoms with van der Waals surface area (Å²) in [5.74, 6) is 1.72. The van der Waals surface area contributed by atoms with Crippen LogP contribution >= 0.6 is 0 Å². The highest BCUT2D eigenvalue weighted by molar-refractivity contribution is 5.76. The van der Waals surface area contributed by atoms with Crippen molar-refractivity contribution in [3.8, 4) is 0 Å². The van der Waals surface area contributed by atoms with Crippen LogP contribution < -0.4 is 5.69 Å². The fraction of sp³-hybridized carbons (Fsp3) is 0.824. The van der Waals surface area contributed by atoms with Crippen LogP contribution in [0.4, 0.5) is 0 Å². The Balaban J connectivity index is 2.06.